The summed E-state index contributed by atoms with van der Waals surface area (Å²) in [5, 5.41) is 8.07. The Labute approximate surface area is 165 Å². The molecule has 0 atom stereocenters. The lowest BCUT2D eigenvalue weighted by atomic mass is 10.2. The zero-order valence-corrected chi connectivity index (χ0v) is 15.5. The van der Waals surface area contributed by atoms with Gasteiger partial charge in [0.2, 0.25) is 0 Å². The van der Waals surface area contributed by atoms with E-state index in [1.165, 1.54) is 6.21 Å². The van der Waals surface area contributed by atoms with Crippen molar-refractivity contribution in [3.63, 3.8) is 0 Å². The minimum absolute atomic E-state index is 0.220. The molecule has 0 spiro atoms. The second kappa shape index (κ2) is 8.62. The summed E-state index contributed by atoms with van der Waals surface area (Å²) in [4.78, 5) is 28.0. The third kappa shape index (κ3) is 5.03. The Bertz CT molecular complexity index is 1020. The van der Waals surface area contributed by atoms with Crippen LogP contribution in [0, 0.1) is 0 Å². The van der Waals surface area contributed by atoms with Gasteiger partial charge in [-0.05, 0) is 36.4 Å². The van der Waals surface area contributed by atoms with Crippen LogP contribution >= 0.6 is 23.2 Å². The highest BCUT2D eigenvalue weighted by atomic mass is 35.5. The zero-order chi connectivity index (χ0) is 19.2. The highest BCUT2D eigenvalue weighted by Crippen LogP contribution is 2.18. The number of nitrogens with one attached hydrogen (secondary N) is 2. The highest BCUT2D eigenvalue weighted by molar-refractivity contribution is 6.32. The molecular weight excluding hydrogens is 387 g/mol. The van der Waals surface area contributed by atoms with Gasteiger partial charge >= 0.3 is 0 Å². The number of carbonyl (C=O) groups excluding carboxylic acids is 2. The fourth-order valence-electron chi connectivity index (χ4n) is 2.28. The smallest absolute Gasteiger partial charge is 0.259 e. The molecule has 136 valence electrons. The number of amides is 2. The van der Waals surface area contributed by atoms with Crippen LogP contribution in [0.3, 0.4) is 0 Å². The van der Waals surface area contributed by atoms with Gasteiger partial charge in [0.15, 0.2) is 0 Å². The van der Waals surface area contributed by atoms with Crippen molar-refractivity contribution >= 4 is 52.1 Å². The second-order valence-electron chi connectivity index (χ2n) is 5.54. The third-order valence-electron chi connectivity index (χ3n) is 3.61. The van der Waals surface area contributed by atoms with Gasteiger partial charge in [-0.2, -0.15) is 5.10 Å². The molecule has 2 N–H and O–H groups in total. The molecule has 0 unspecified atom stereocenters. The topological polar surface area (TPSA) is 83.5 Å². The van der Waals surface area contributed by atoms with Crippen molar-refractivity contribution < 1.29 is 9.59 Å². The van der Waals surface area contributed by atoms with Gasteiger partial charge in [0.1, 0.15) is 5.15 Å². The number of aromatic nitrogens is 1. The maximum Gasteiger partial charge on any atom is 0.259 e. The largest absolute Gasteiger partial charge is 0.343 e. The highest BCUT2D eigenvalue weighted by Gasteiger charge is 2.07. The van der Waals surface area contributed by atoms with Crippen molar-refractivity contribution in [3.05, 3.63) is 75.9 Å². The number of hydrogen-bond donors (Lipinski definition) is 2. The number of benzene rings is 2. The number of halogens is 2. The minimum Gasteiger partial charge on any atom is -0.343 e. The fraction of sp³-hybridized carbons (Fsp3) is 0.0526. The Morgan fingerprint density at radius 2 is 1.81 bits per heavy atom. The molecule has 0 aliphatic carbocycles. The van der Waals surface area contributed by atoms with Gasteiger partial charge in [-0.3, -0.25) is 9.59 Å². The first-order valence-electron chi connectivity index (χ1n) is 7.94. The molecule has 1 aromatic heterocycles. The molecule has 0 aliphatic rings. The van der Waals surface area contributed by atoms with E-state index in [0.717, 1.165) is 10.9 Å². The molecule has 0 fully saturated rings. The molecule has 8 heteroatoms. The lowest BCUT2D eigenvalue weighted by molar-refractivity contribution is -0.120. The van der Waals surface area contributed by atoms with Crippen LogP contribution in [0.5, 0.6) is 0 Å². The number of nitrogens with zero attached hydrogens (tertiary/aromatic N) is 2. The molecule has 3 rings (SSSR count). The SMILES string of the molecule is O=C(CNC(=O)c1ccc(Cl)cc1)N/N=C/c1cc2ccccc2nc1Cl. The van der Waals surface area contributed by atoms with Crippen LogP contribution in [-0.4, -0.2) is 29.6 Å². The van der Waals surface area contributed by atoms with E-state index in [1.54, 1.807) is 24.3 Å². The van der Waals surface area contributed by atoms with E-state index in [2.05, 4.69) is 20.8 Å². The first-order valence-corrected chi connectivity index (χ1v) is 8.69. The van der Waals surface area contributed by atoms with Crippen molar-refractivity contribution in [1.82, 2.24) is 15.7 Å². The van der Waals surface area contributed by atoms with Gasteiger partial charge < -0.3 is 5.32 Å². The molecule has 2 aromatic carbocycles. The van der Waals surface area contributed by atoms with Crippen molar-refractivity contribution in [2.24, 2.45) is 5.10 Å². The Kier molecular flexibility index (Phi) is 6.01. The van der Waals surface area contributed by atoms with Crippen molar-refractivity contribution in [2.75, 3.05) is 6.54 Å². The normalized spacial score (nSPS) is 10.9. The van der Waals surface area contributed by atoms with Crippen molar-refractivity contribution in [2.45, 2.75) is 0 Å². The monoisotopic (exact) mass is 400 g/mol. The van der Waals surface area contributed by atoms with Gasteiger partial charge in [0.25, 0.3) is 11.8 Å². The average Bonchev–Trinajstić information content (AvgIpc) is 2.67. The Balaban J connectivity index is 1.55. The van der Waals surface area contributed by atoms with E-state index in [1.807, 2.05) is 30.3 Å². The summed E-state index contributed by atoms with van der Waals surface area (Å²) in [7, 11) is 0. The lowest BCUT2D eigenvalue weighted by Gasteiger charge is -2.04. The van der Waals surface area contributed by atoms with Crippen molar-refractivity contribution in [1.29, 1.82) is 0 Å². The summed E-state index contributed by atoms with van der Waals surface area (Å²) in [5.41, 5.74) is 4.08. The van der Waals surface area contributed by atoms with E-state index in [-0.39, 0.29) is 17.6 Å². The maximum atomic E-state index is 11.9. The molecule has 0 bridgehead atoms. The van der Waals surface area contributed by atoms with Gasteiger partial charge in [-0.25, -0.2) is 10.4 Å². The molecule has 1 heterocycles. The first-order chi connectivity index (χ1) is 13.0. The van der Waals surface area contributed by atoms with Gasteiger partial charge in [-0.1, -0.05) is 41.4 Å². The van der Waals surface area contributed by atoms with Crippen LogP contribution in [0.15, 0.2) is 59.7 Å². The molecule has 2 amide bonds. The molecule has 27 heavy (non-hydrogen) atoms. The number of hydrogen-bond acceptors (Lipinski definition) is 4. The van der Waals surface area contributed by atoms with Gasteiger partial charge in [0, 0.05) is 21.5 Å². The van der Waals surface area contributed by atoms with E-state index in [9.17, 15) is 9.59 Å². The maximum absolute atomic E-state index is 11.9. The van der Waals surface area contributed by atoms with Gasteiger partial charge in [0.05, 0.1) is 18.3 Å². The lowest BCUT2D eigenvalue weighted by Crippen LogP contribution is -2.34. The predicted molar refractivity (Wildman–Crippen MR) is 106 cm³/mol. The Hall–Kier alpha value is -2.96. The quantitative estimate of drug-likeness (QED) is 0.391. The predicted octanol–water partition coefficient (Wildman–Crippen LogP) is 3.42. The molecule has 6 nitrogen and oxygen atoms in total. The van der Waals surface area contributed by atoms with Gasteiger partial charge in [-0.15, -0.1) is 0 Å². The fourth-order valence-corrected chi connectivity index (χ4v) is 2.60. The number of fused-ring (bicyclic) bond motifs is 1. The van der Waals surface area contributed by atoms with E-state index >= 15 is 0 Å². The molecule has 0 saturated carbocycles. The summed E-state index contributed by atoms with van der Waals surface area (Å²) in [5.74, 6) is -0.856. The first kappa shape index (κ1) is 18.8. The zero-order valence-electron chi connectivity index (χ0n) is 13.9. The van der Waals surface area contributed by atoms with Crippen LogP contribution in [0.2, 0.25) is 10.2 Å². The summed E-state index contributed by atoms with van der Waals surface area (Å²) in [6, 6.07) is 15.7. The minimum atomic E-state index is -0.474. The molecule has 0 aliphatic heterocycles. The number of rotatable bonds is 5. The number of para-hydroxylation sites is 1. The number of hydrazone groups is 1. The average molecular weight is 401 g/mol. The Morgan fingerprint density at radius 1 is 1.07 bits per heavy atom. The number of carbonyl (C=O) groups is 2. The standard InChI is InChI=1S/C19H14Cl2N4O2/c20-15-7-5-12(6-8-15)19(27)22-11-17(26)25-23-10-14-9-13-3-1-2-4-16(13)24-18(14)21/h1-10H,11H2,(H,22,27)(H,25,26)/b23-10+. The van der Waals surface area contributed by atoms with Crippen LogP contribution in [-0.2, 0) is 4.79 Å². The second-order valence-corrected chi connectivity index (χ2v) is 6.34. The van der Waals surface area contributed by atoms with E-state index in [0.29, 0.717) is 16.1 Å². The molecule has 0 radical (unpaired) electrons. The van der Waals surface area contributed by atoms with Crippen LogP contribution < -0.4 is 10.7 Å². The third-order valence-corrected chi connectivity index (χ3v) is 4.17. The number of pyridine rings is 1. The van der Waals surface area contributed by atoms with Crippen LogP contribution in [0.25, 0.3) is 10.9 Å². The summed E-state index contributed by atoms with van der Waals surface area (Å²) in [6.07, 6.45) is 1.40. The summed E-state index contributed by atoms with van der Waals surface area (Å²) >= 11 is 11.9. The van der Waals surface area contributed by atoms with Crippen molar-refractivity contribution in [3.8, 4) is 0 Å². The van der Waals surface area contributed by atoms with E-state index in [4.69, 9.17) is 23.2 Å². The molecule has 0 saturated heterocycles. The molecule has 3 aromatic rings. The molecular formula is C19H14Cl2N4O2. The Morgan fingerprint density at radius 3 is 2.59 bits per heavy atom. The summed E-state index contributed by atoms with van der Waals surface area (Å²) < 4.78 is 0. The van der Waals surface area contributed by atoms with E-state index < -0.39 is 5.91 Å². The van der Waals surface area contributed by atoms with Crippen LogP contribution in [0.1, 0.15) is 15.9 Å². The van der Waals surface area contributed by atoms with Crippen LogP contribution in [0.4, 0.5) is 0 Å². The summed E-state index contributed by atoms with van der Waals surface area (Å²) in [6.45, 7) is -0.220.